The molecule has 0 N–H and O–H groups in total. The first kappa shape index (κ1) is 31.1. The monoisotopic (exact) mass is 618 g/mol. The van der Waals surface area contributed by atoms with E-state index in [9.17, 15) is 9.59 Å². The van der Waals surface area contributed by atoms with E-state index in [-0.39, 0.29) is 45.8 Å². The molecule has 10 nitrogen and oxygen atoms in total. The van der Waals surface area contributed by atoms with Crippen molar-refractivity contribution >= 4 is 40.3 Å². The maximum absolute atomic E-state index is 15.1. The molecule has 0 spiro atoms. The zero-order valence-corrected chi connectivity index (χ0v) is 26.7. The average molecular weight is 619 g/mol. The highest BCUT2D eigenvalue weighted by molar-refractivity contribution is 6.33. The van der Waals surface area contributed by atoms with E-state index in [2.05, 4.69) is 16.5 Å². The number of halogens is 2. The van der Waals surface area contributed by atoms with Gasteiger partial charge in [-0.2, -0.15) is 4.98 Å². The number of hydrogen-bond acceptors (Lipinski definition) is 8. The Bertz CT molecular complexity index is 1840. The van der Waals surface area contributed by atoms with Crippen LogP contribution in [-0.2, 0) is 4.79 Å². The van der Waals surface area contributed by atoms with E-state index in [4.69, 9.17) is 21.6 Å². The van der Waals surface area contributed by atoms with E-state index >= 15 is 4.39 Å². The Balaban J connectivity index is 1.84. The number of amides is 1. The number of nitrogens with zero attached hydrogens (tertiary/aromatic N) is 8. The standard InChI is InChI=1S/C32H36ClFN8O2/c1-9-25(43)40-15-19(5)41(16-18(40)4)29-22-14-23(33)27(21-12-10-11-13-24(21)34)36-30(22)42(32(44)38-29)28-20(6)35-31(39(7)8)37-26(28)17(2)3/h9-14,17-19H,1,15-16H2,2-8H3/t18-,19+/m1/s1. The molecule has 4 aromatic rings. The first-order valence-corrected chi connectivity index (χ1v) is 14.9. The van der Waals surface area contributed by atoms with Crippen molar-refractivity contribution in [3.8, 4) is 16.9 Å². The third-order valence-electron chi connectivity index (χ3n) is 7.89. The summed E-state index contributed by atoms with van der Waals surface area (Å²) in [5.41, 5.74) is 1.73. The summed E-state index contributed by atoms with van der Waals surface area (Å²) in [7, 11) is 3.70. The van der Waals surface area contributed by atoms with Crippen molar-refractivity contribution in [1.29, 1.82) is 0 Å². The first-order chi connectivity index (χ1) is 20.8. The van der Waals surface area contributed by atoms with E-state index in [1.807, 2.05) is 53.6 Å². The SMILES string of the molecule is C=CC(=O)N1C[C@H](C)N(c2nc(=O)n(-c3c(C)nc(N(C)C)nc3C(C)C)c3nc(-c4ccccc4F)c(Cl)cc23)C[C@H]1C. The van der Waals surface area contributed by atoms with Gasteiger partial charge in [0.2, 0.25) is 11.9 Å². The van der Waals surface area contributed by atoms with Crippen LogP contribution in [0.3, 0.4) is 0 Å². The summed E-state index contributed by atoms with van der Waals surface area (Å²) < 4.78 is 16.5. The van der Waals surface area contributed by atoms with Crippen molar-refractivity contribution in [3.05, 3.63) is 75.7 Å². The molecule has 1 saturated heterocycles. The fraction of sp³-hybridized carbons (Fsp3) is 0.375. The molecule has 0 aliphatic carbocycles. The summed E-state index contributed by atoms with van der Waals surface area (Å²) >= 11 is 6.82. The number of carbonyl (C=O) groups excluding carboxylic acids is 1. The molecular weight excluding hydrogens is 583 g/mol. The number of pyridine rings is 1. The normalized spacial score (nSPS) is 17.0. The minimum atomic E-state index is -0.586. The fourth-order valence-corrected chi connectivity index (χ4v) is 5.92. The molecule has 1 aromatic carbocycles. The molecule has 4 heterocycles. The lowest BCUT2D eigenvalue weighted by atomic mass is 10.1. The average Bonchev–Trinajstić information content (AvgIpc) is 2.97. The highest BCUT2D eigenvalue weighted by Crippen LogP contribution is 2.36. The minimum Gasteiger partial charge on any atom is -0.349 e. The van der Waals surface area contributed by atoms with Crippen molar-refractivity contribution < 1.29 is 9.18 Å². The largest absolute Gasteiger partial charge is 0.355 e. The van der Waals surface area contributed by atoms with Crippen molar-refractivity contribution in [2.45, 2.75) is 52.6 Å². The predicted molar refractivity (Wildman–Crippen MR) is 172 cm³/mol. The molecule has 230 valence electrons. The summed E-state index contributed by atoms with van der Waals surface area (Å²) in [6.07, 6.45) is 1.31. The molecule has 1 fully saturated rings. The fourth-order valence-electron chi connectivity index (χ4n) is 5.67. The zero-order chi connectivity index (χ0) is 32.0. The second kappa shape index (κ2) is 12.0. The summed E-state index contributed by atoms with van der Waals surface area (Å²) in [5, 5.41) is 0.708. The molecule has 0 radical (unpaired) electrons. The van der Waals surface area contributed by atoms with Gasteiger partial charge in [0.1, 0.15) is 11.6 Å². The van der Waals surface area contributed by atoms with Crippen molar-refractivity contribution in [3.63, 3.8) is 0 Å². The lowest BCUT2D eigenvalue weighted by molar-refractivity contribution is -0.128. The van der Waals surface area contributed by atoms with Crippen LogP contribution in [-0.4, -0.2) is 74.6 Å². The second-order valence-corrected chi connectivity index (χ2v) is 12.1. The van der Waals surface area contributed by atoms with Crippen LogP contribution in [0.15, 0.2) is 47.8 Å². The van der Waals surface area contributed by atoms with Crippen molar-refractivity contribution in [2.75, 3.05) is 37.0 Å². The third-order valence-corrected chi connectivity index (χ3v) is 8.18. The third kappa shape index (κ3) is 5.40. The Morgan fingerprint density at radius 2 is 1.82 bits per heavy atom. The maximum Gasteiger partial charge on any atom is 0.355 e. The molecule has 2 atom stereocenters. The van der Waals surface area contributed by atoms with E-state index in [0.29, 0.717) is 47.3 Å². The number of aromatic nitrogens is 5. The van der Waals surface area contributed by atoms with E-state index < -0.39 is 11.5 Å². The van der Waals surface area contributed by atoms with Gasteiger partial charge in [0.25, 0.3) is 0 Å². The lowest BCUT2D eigenvalue weighted by Crippen LogP contribution is -2.58. The van der Waals surface area contributed by atoms with E-state index in [1.54, 1.807) is 34.1 Å². The summed E-state index contributed by atoms with van der Waals surface area (Å²) in [5.74, 6) is 0.161. The number of carbonyl (C=O) groups is 1. The molecule has 3 aromatic heterocycles. The van der Waals surface area contributed by atoms with Gasteiger partial charge in [-0.1, -0.05) is 44.2 Å². The van der Waals surface area contributed by atoms with Gasteiger partial charge in [0.05, 0.1) is 33.2 Å². The quantitative estimate of drug-likeness (QED) is 0.274. The van der Waals surface area contributed by atoms with Gasteiger partial charge >= 0.3 is 5.69 Å². The van der Waals surface area contributed by atoms with E-state index in [1.165, 1.54) is 16.7 Å². The topological polar surface area (TPSA) is 100 Å². The Labute approximate surface area is 260 Å². The Kier molecular flexibility index (Phi) is 8.44. The zero-order valence-electron chi connectivity index (χ0n) is 26.0. The van der Waals surface area contributed by atoms with Crippen LogP contribution in [0, 0.1) is 12.7 Å². The highest BCUT2D eigenvalue weighted by Gasteiger charge is 2.34. The number of anilines is 2. The molecule has 1 aliphatic rings. The van der Waals surface area contributed by atoms with Gasteiger partial charge in [-0.05, 0) is 51.0 Å². The molecule has 0 saturated carbocycles. The smallest absolute Gasteiger partial charge is 0.349 e. The summed E-state index contributed by atoms with van der Waals surface area (Å²) in [4.78, 5) is 51.2. The Morgan fingerprint density at radius 1 is 1.11 bits per heavy atom. The van der Waals surface area contributed by atoms with E-state index in [0.717, 1.165) is 0 Å². The number of fused-ring (bicyclic) bond motifs is 1. The van der Waals surface area contributed by atoms with Crippen LogP contribution < -0.4 is 15.5 Å². The van der Waals surface area contributed by atoms with Gasteiger partial charge in [-0.15, -0.1) is 0 Å². The Morgan fingerprint density at radius 3 is 2.45 bits per heavy atom. The van der Waals surface area contributed by atoms with Gasteiger partial charge < -0.3 is 14.7 Å². The number of benzene rings is 1. The summed E-state index contributed by atoms with van der Waals surface area (Å²) in [6, 6.07) is 7.53. The van der Waals surface area contributed by atoms with Gasteiger partial charge in [0, 0.05) is 44.8 Å². The summed E-state index contributed by atoms with van der Waals surface area (Å²) in [6.45, 7) is 14.1. The van der Waals surface area contributed by atoms with Crippen LogP contribution in [0.5, 0.6) is 0 Å². The first-order valence-electron chi connectivity index (χ1n) is 14.5. The molecule has 0 unspecified atom stereocenters. The van der Waals surface area contributed by atoms with Crippen molar-refractivity contribution in [2.24, 2.45) is 0 Å². The van der Waals surface area contributed by atoms with Crippen LogP contribution in [0.4, 0.5) is 16.2 Å². The molecule has 5 rings (SSSR count). The van der Waals surface area contributed by atoms with Crippen LogP contribution >= 0.6 is 11.6 Å². The molecular formula is C32H36ClFN8O2. The van der Waals surface area contributed by atoms with Gasteiger partial charge in [-0.25, -0.2) is 28.7 Å². The molecule has 1 amide bonds. The second-order valence-electron chi connectivity index (χ2n) is 11.7. The molecule has 0 bridgehead atoms. The van der Waals surface area contributed by atoms with Gasteiger partial charge in [-0.3, -0.25) is 4.79 Å². The Hall–Kier alpha value is -4.38. The molecule has 1 aliphatic heterocycles. The van der Waals surface area contributed by atoms with Crippen LogP contribution in [0.1, 0.15) is 45.0 Å². The number of rotatable bonds is 6. The van der Waals surface area contributed by atoms with Crippen molar-refractivity contribution in [1.82, 2.24) is 29.4 Å². The van der Waals surface area contributed by atoms with Crippen LogP contribution in [0.2, 0.25) is 5.02 Å². The highest BCUT2D eigenvalue weighted by atomic mass is 35.5. The predicted octanol–water partition coefficient (Wildman–Crippen LogP) is 5.14. The van der Waals surface area contributed by atoms with Gasteiger partial charge in [0.15, 0.2) is 5.65 Å². The maximum atomic E-state index is 15.1. The molecule has 12 heteroatoms. The number of piperazine rings is 1. The minimum absolute atomic E-state index is 0.0817. The number of aryl methyl sites for hydroxylation is 1. The number of hydrogen-bond donors (Lipinski definition) is 0. The van der Waals surface area contributed by atoms with Crippen LogP contribution in [0.25, 0.3) is 28.0 Å². The molecule has 44 heavy (non-hydrogen) atoms. The lowest BCUT2D eigenvalue weighted by Gasteiger charge is -2.44.